The van der Waals surface area contributed by atoms with Crippen molar-refractivity contribution in [1.82, 2.24) is 10.2 Å². The van der Waals surface area contributed by atoms with Crippen LogP contribution >= 0.6 is 0 Å². The first-order valence-corrected chi connectivity index (χ1v) is 8.12. The van der Waals surface area contributed by atoms with Crippen LogP contribution in [0.1, 0.15) is 59.3 Å². The lowest BCUT2D eigenvalue weighted by molar-refractivity contribution is 0.0814. The van der Waals surface area contributed by atoms with Crippen molar-refractivity contribution in [3.8, 4) is 0 Å². The molecule has 3 aliphatic rings. The topological polar surface area (TPSA) is 15.3 Å². The van der Waals surface area contributed by atoms with Crippen LogP contribution < -0.4 is 5.32 Å². The largest absolute Gasteiger partial charge is 0.310 e. The Labute approximate surface area is 113 Å². The monoisotopic (exact) mass is 250 g/mol. The van der Waals surface area contributed by atoms with Gasteiger partial charge in [0, 0.05) is 24.2 Å². The van der Waals surface area contributed by atoms with Crippen molar-refractivity contribution in [1.29, 1.82) is 0 Å². The fourth-order valence-electron chi connectivity index (χ4n) is 4.66. The van der Waals surface area contributed by atoms with E-state index in [-0.39, 0.29) is 0 Å². The van der Waals surface area contributed by atoms with Gasteiger partial charge in [-0.2, -0.15) is 0 Å². The van der Waals surface area contributed by atoms with E-state index in [0.29, 0.717) is 5.54 Å². The second kappa shape index (κ2) is 4.79. The van der Waals surface area contributed by atoms with Crippen molar-refractivity contribution >= 4 is 0 Å². The third-order valence-corrected chi connectivity index (χ3v) is 6.12. The van der Waals surface area contributed by atoms with Crippen molar-refractivity contribution < 1.29 is 0 Å². The summed E-state index contributed by atoms with van der Waals surface area (Å²) in [5.74, 6) is 2.09. The van der Waals surface area contributed by atoms with Gasteiger partial charge in [-0.25, -0.2) is 0 Å². The van der Waals surface area contributed by atoms with E-state index in [0.717, 1.165) is 23.9 Å². The predicted octanol–water partition coefficient (Wildman–Crippen LogP) is 3.03. The first-order valence-electron chi connectivity index (χ1n) is 8.12. The minimum atomic E-state index is 0.340. The lowest BCUT2D eigenvalue weighted by Gasteiger charge is -2.41. The van der Waals surface area contributed by atoms with Crippen LogP contribution in [0, 0.1) is 11.8 Å². The zero-order valence-electron chi connectivity index (χ0n) is 12.4. The third-order valence-electron chi connectivity index (χ3n) is 6.12. The molecule has 2 aliphatic carbocycles. The van der Waals surface area contributed by atoms with E-state index in [1.165, 1.54) is 51.6 Å². The molecular formula is C16H30N2. The molecule has 1 aliphatic heterocycles. The van der Waals surface area contributed by atoms with Crippen LogP contribution in [-0.4, -0.2) is 35.6 Å². The van der Waals surface area contributed by atoms with Crippen LogP contribution in [0.3, 0.4) is 0 Å². The summed E-state index contributed by atoms with van der Waals surface area (Å²) in [5, 5.41) is 3.79. The average molecular weight is 250 g/mol. The van der Waals surface area contributed by atoms with E-state index in [9.17, 15) is 0 Å². The molecule has 104 valence electrons. The van der Waals surface area contributed by atoms with Gasteiger partial charge in [-0.1, -0.05) is 13.3 Å². The molecule has 18 heavy (non-hydrogen) atoms. The summed E-state index contributed by atoms with van der Waals surface area (Å²) in [4.78, 5) is 2.88. The molecule has 0 spiro atoms. The number of nitrogens with zero attached hydrogens (tertiary/aromatic N) is 1. The van der Waals surface area contributed by atoms with E-state index < -0.39 is 0 Å². The number of fused-ring (bicyclic) bond motifs is 2. The second-order valence-electron chi connectivity index (χ2n) is 7.39. The van der Waals surface area contributed by atoms with Gasteiger partial charge in [0.2, 0.25) is 0 Å². The van der Waals surface area contributed by atoms with E-state index in [1.807, 2.05) is 0 Å². The molecule has 0 radical (unpaired) electrons. The molecule has 5 unspecified atom stereocenters. The van der Waals surface area contributed by atoms with Crippen LogP contribution in [0.4, 0.5) is 0 Å². The second-order valence-corrected chi connectivity index (χ2v) is 7.39. The molecule has 2 nitrogen and oxygen atoms in total. The highest BCUT2D eigenvalue weighted by molar-refractivity contribution is 5.00. The Bertz CT molecular complexity index is 303. The van der Waals surface area contributed by atoms with Crippen molar-refractivity contribution in [3.05, 3.63) is 0 Å². The average Bonchev–Trinajstić information content (AvgIpc) is 2.94. The molecule has 0 amide bonds. The SMILES string of the molecule is CCC1(C)CN(C2CC3CCC2C3)C(C)CCN1. The van der Waals surface area contributed by atoms with E-state index in [2.05, 4.69) is 31.0 Å². The summed E-state index contributed by atoms with van der Waals surface area (Å²) in [5.41, 5.74) is 0.340. The molecule has 2 heteroatoms. The molecule has 3 rings (SSSR count). The zero-order chi connectivity index (χ0) is 12.8. The Morgan fingerprint density at radius 2 is 2.06 bits per heavy atom. The molecule has 0 aromatic carbocycles. The summed E-state index contributed by atoms with van der Waals surface area (Å²) >= 11 is 0. The Hall–Kier alpha value is -0.0800. The molecule has 1 N–H and O–H groups in total. The smallest absolute Gasteiger partial charge is 0.0278 e. The molecule has 0 aromatic heterocycles. The van der Waals surface area contributed by atoms with Crippen molar-refractivity contribution in [2.45, 2.75) is 76.9 Å². The minimum absolute atomic E-state index is 0.340. The Morgan fingerprint density at radius 3 is 2.67 bits per heavy atom. The van der Waals surface area contributed by atoms with Crippen molar-refractivity contribution in [2.75, 3.05) is 13.1 Å². The van der Waals surface area contributed by atoms with E-state index in [4.69, 9.17) is 0 Å². The van der Waals surface area contributed by atoms with Gasteiger partial charge in [-0.05, 0) is 64.3 Å². The predicted molar refractivity (Wildman–Crippen MR) is 76.7 cm³/mol. The van der Waals surface area contributed by atoms with Crippen LogP contribution in [0.2, 0.25) is 0 Å². The molecule has 3 fully saturated rings. The van der Waals surface area contributed by atoms with E-state index in [1.54, 1.807) is 0 Å². The maximum Gasteiger partial charge on any atom is 0.0278 e. The molecule has 2 bridgehead atoms. The summed E-state index contributed by atoms with van der Waals surface area (Å²) in [7, 11) is 0. The standard InChI is InChI=1S/C16H30N2/c1-4-16(3)11-18(12(2)7-8-17-16)15-10-13-5-6-14(15)9-13/h12-15,17H,4-11H2,1-3H3. The van der Waals surface area contributed by atoms with Crippen LogP contribution in [0.15, 0.2) is 0 Å². The first kappa shape index (κ1) is 12.9. The van der Waals surface area contributed by atoms with Crippen molar-refractivity contribution in [2.24, 2.45) is 11.8 Å². The van der Waals surface area contributed by atoms with Gasteiger partial charge in [-0.15, -0.1) is 0 Å². The van der Waals surface area contributed by atoms with Gasteiger partial charge in [0.15, 0.2) is 0 Å². The van der Waals surface area contributed by atoms with Crippen molar-refractivity contribution in [3.63, 3.8) is 0 Å². The highest BCUT2D eigenvalue weighted by Gasteiger charge is 2.45. The molecule has 2 saturated carbocycles. The number of hydrogen-bond acceptors (Lipinski definition) is 2. The van der Waals surface area contributed by atoms with Gasteiger partial charge in [0.1, 0.15) is 0 Å². The number of rotatable bonds is 2. The van der Waals surface area contributed by atoms with Crippen LogP contribution in [0.5, 0.6) is 0 Å². The normalized spacial score (nSPS) is 49.5. The summed E-state index contributed by atoms with van der Waals surface area (Å²) in [6.45, 7) is 9.67. The van der Waals surface area contributed by atoms with Crippen LogP contribution in [-0.2, 0) is 0 Å². The minimum Gasteiger partial charge on any atom is -0.310 e. The Morgan fingerprint density at radius 1 is 1.22 bits per heavy atom. The fraction of sp³-hybridized carbons (Fsp3) is 1.00. The lowest BCUT2D eigenvalue weighted by Crippen LogP contribution is -2.53. The quantitative estimate of drug-likeness (QED) is 0.810. The lowest BCUT2D eigenvalue weighted by atomic mass is 9.90. The third kappa shape index (κ3) is 2.22. The Balaban J connectivity index is 1.75. The summed E-state index contributed by atoms with van der Waals surface area (Å²) in [6, 6.07) is 1.68. The van der Waals surface area contributed by atoms with E-state index >= 15 is 0 Å². The maximum atomic E-state index is 3.79. The highest BCUT2D eigenvalue weighted by Crippen LogP contribution is 2.47. The molecular weight excluding hydrogens is 220 g/mol. The summed E-state index contributed by atoms with van der Waals surface area (Å²) < 4.78 is 0. The van der Waals surface area contributed by atoms with Gasteiger partial charge >= 0.3 is 0 Å². The first-order chi connectivity index (χ1) is 8.61. The van der Waals surface area contributed by atoms with Crippen LogP contribution in [0.25, 0.3) is 0 Å². The molecule has 5 atom stereocenters. The molecule has 1 saturated heterocycles. The Kier molecular flexibility index (Phi) is 3.44. The molecule has 0 aromatic rings. The number of hydrogen-bond donors (Lipinski definition) is 1. The molecule has 1 heterocycles. The number of nitrogens with one attached hydrogen (secondary N) is 1. The van der Waals surface area contributed by atoms with Gasteiger partial charge in [0.05, 0.1) is 0 Å². The zero-order valence-corrected chi connectivity index (χ0v) is 12.4. The van der Waals surface area contributed by atoms with Gasteiger partial charge in [0.25, 0.3) is 0 Å². The van der Waals surface area contributed by atoms with Gasteiger partial charge in [-0.3, -0.25) is 4.90 Å². The fourth-order valence-corrected chi connectivity index (χ4v) is 4.66. The highest BCUT2D eigenvalue weighted by atomic mass is 15.2. The van der Waals surface area contributed by atoms with Gasteiger partial charge < -0.3 is 5.32 Å². The maximum absolute atomic E-state index is 3.79. The summed E-state index contributed by atoms with van der Waals surface area (Å²) in [6.07, 6.45) is 8.63.